The quantitative estimate of drug-likeness (QED) is 0.758. The Morgan fingerprint density at radius 3 is 2.00 bits per heavy atom. The molecular formula is C16H18O. The van der Waals surface area contributed by atoms with Crippen molar-refractivity contribution in [1.29, 1.82) is 0 Å². The normalized spacial score (nSPS) is 10.4. The van der Waals surface area contributed by atoms with E-state index < -0.39 is 0 Å². The highest BCUT2D eigenvalue weighted by atomic mass is 16.5. The van der Waals surface area contributed by atoms with E-state index in [0.29, 0.717) is 0 Å². The van der Waals surface area contributed by atoms with Gasteiger partial charge in [0, 0.05) is 7.11 Å². The average molecular weight is 226 g/mol. The molecule has 1 heteroatoms. The summed E-state index contributed by atoms with van der Waals surface area (Å²) in [4.78, 5) is 0. The fraction of sp³-hybridized carbons (Fsp3) is 0.250. The van der Waals surface area contributed by atoms with Crippen LogP contribution in [0, 0.1) is 0 Å². The molecule has 0 radical (unpaired) electrons. The maximum atomic E-state index is 5.07. The second-order valence-electron chi connectivity index (χ2n) is 4.22. The second-order valence-corrected chi connectivity index (χ2v) is 4.22. The van der Waals surface area contributed by atoms with Gasteiger partial charge in [0.15, 0.2) is 0 Å². The van der Waals surface area contributed by atoms with E-state index in [9.17, 15) is 0 Å². The predicted molar refractivity (Wildman–Crippen MR) is 71.3 cm³/mol. The van der Waals surface area contributed by atoms with E-state index in [1.54, 1.807) is 7.11 Å². The zero-order valence-corrected chi connectivity index (χ0v) is 10.2. The molecule has 1 nitrogen and oxygen atoms in total. The molecule has 0 aromatic heterocycles. The van der Waals surface area contributed by atoms with Crippen molar-refractivity contribution in [3.05, 3.63) is 71.3 Å². The maximum absolute atomic E-state index is 5.07. The third kappa shape index (κ3) is 3.72. The number of rotatable bonds is 5. The molecule has 0 heterocycles. The molecular weight excluding hydrogens is 208 g/mol. The first kappa shape index (κ1) is 11.9. The van der Waals surface area contributed by atoms with Crippen LogP contribution in [0.2, 0.25) is 0 Å². The molecule has 0 amide bonds. The smallest absolute Gasteiger partial charge is 0.0502 e. The average Bonchev–Trinajstić information content (AvgIpc) is 2.39. The molecule has 2 aromatic carbocycles. The van der Waals surface area contributed by atoms with Crippen molar-refractivity contribution >= 4 is 0 Å². The van der Waals surface area contributed by atoms with Crippen LogP contribution in [0.4, 0.5) is 0 Å². The molecule has 0 saturated heterocycles. The van der Waals surface area contributed by atoms with Gasteiger partial charge in [-0.2, -0.15) is 0 Å². The van der Waals surface area contributed by atoms with E-state index in [0.717, 1.165) is 19.4 Å². The van der Waals surface area contributed by atoms with Crippen molar-refractivity contribution in [2.24, 2.45) is 0 Å². The highest BCUT2D eigenvalue weighted by molar-refractivity contribution is 5.28. The molecule has 0 bridgehead atoms. The first-order chi connectivity index (χ1) is 8.38. The zero-order valence-electron chi connectivity index (χ0n) is 10.2. The van der Waals surface area contributed by atoms with Gasteiger partial charge in [-0.25, -0.2) is 0 Å². The Labute approximate surface area is 103 Å². The zero-order chi connectivity index (χ0) is 11.9. The third-order valence-corrected chi connectivity index (χ3v) is 2.87. The number of hydrogen-bond acceptors (Lipinski definition) is 1. The van der Waals surface area contributed by atoms with Crippen LogP contribution in [0.15, 0.2) is 54.6 Å². The van der Waals surface area contributed by atoms with E-state index in [2.05, 4.69) is 54.6 Å². The molecule has 2 aromatic rings. The van der Waals surface area contributed by atoms with E-state index in [1.165, 1.54) is 16.7 Å². The van der Waals surface area contributed by atoms with Crippen LogP contribution in [0.1, 0.15) is 16.7 Å². The molecule has 17 heavy (non-hydrogen) atoms. The number of ether oxygens (including phenoxy) is 1. The number of hydrogen-bond donors (Lipinski definition) is 0. The summed E-state index contributed by atoms with van der Waals surface area (Å²) >= 11 is 0. The van der Waals surface area contributed by atoms with Crippen molar-refractivity contribution in [1.82, 2.24) is 0 Å². The molecule has 0 fully saturated rings. The number of benzene rings is 2. The molecule has 88 valence electrons. The highest BCUT2D eigenvalue weighted by Crippen LogP contribution is 2.11. The lowest BCUT2D eigenvalue weighted by Gasteiger charge is -2.04. The fourth-order valence-corrected chi connectivity index (χ4v) is 1.88. The van der Waals surface area contributed by atoms with Crippen LogP contribution in [-0.2, 0) is 17.6 Å². The van der Waals surface area contributed by atoms with Gasteiger partial charge < -0.3 is 4.74 Å². The SMILES string of the molecule is COCCc1ccc(Cc2ccccc2)cc1. The molecule has 0 saturated carbocycles. The van der Waals surface area contributed by atoms with Crippen LogP contribution in [0.25, 0.3) is 0 Å². The van der Waals surface area contributed by atoms with Crippen molar-refractivity contribution in [3.63, 3.8) is 0 Å². The van der Waals surface area contributed by atoms with Crippen molar-refractivity contribution < 1.29 is 4.74 Å². The fourth-order valence-electron chi connectivity index (χ4n) is 1.88. The lowest BCUT2D eigenvalue weighted by molar-refractivity contribution is 0.202. The van der Waals surface area contributed by atoms with Gasteiger partial charge in [-0.3, -0.25) is 0 Å². The lowest BCUT2D eigenvalue weighted by atomic mass is 10.0. The van der Waals surface area contributed by atoms with E-state index in [1.807, 2.05) is 0 Å². The van der Waals surface area contributed by atoms with Gasteiger partial charge >= 0.3 is 0 Å². The molecule has 0 aliphatic heterocycles. The van der Waals surface area contributed by atoms with Crippen LogP contribution in [0.3, 0.4) is 0 Å². The van der Waals surface area contributed by atoms with Gasteiger partial charge in [-0.15, -0.1) is 0 Å². The van der Waals surface area contributed by atoms with Crippen LogP contribution in [0.5, 0.6) is 0 Å². The minimum Gasteiger partial charge on any atom is -0.384 e. The van der Waals surface area contributed by atoms with Gasteiger partial charge in [0.25, 0.3) is 0 Å². The van der Waals surface area contributed by atoms with Crippen LogP contribution in [-0.4, -0.2) is 13.7 Å². The standard InChI is InChI=1S/C16H18O/c1-17-12-11-14-7-9-16(10-8-14)13-15-5-3-2-4-6-15/h2-10H,11-13H2,1H3. The van der Waals surface area contributed by atoms with Gasteiger partial charge in [0.2, 0.25) is 0 Å². The predicted octanol–water partition coefficient (Wildman–Crippen LogP) is 3.47. The van der Waals surface area contributed by atoms with E-state index in [-0.39, 0.29) is 0 Å². The summed E-state index contributed by atoms with van der Waals surface area (Å²) < 4.78 is 5.07. The minimum absolute atomic E-state index is 0.790. The summed E-state index contributed by atoms with van der Waals surface area (Å²) in [5.74, 6) is 0. The molecule has 0 spiro atoms. The topological polar surface area (TPSA) is 9.23 Å². The summed E-state index contributed by atoms with van der Waals surface area (Å²) in [5.41, 5.74) is 4.05. The Balaban J connectivity index is 1.98. The first-order valence-electron chi connectivity index (χ1n) is 5.99. The third-order valence-electron chi connectivity index (χ3n) is 2.87. The minimum atomic E-state index is 0.790. The summed E-state index contributed by atoms with van der Waals surface area (Å²) in [5, 5.41) is 0. The maximum Gasteiger partial charge on any atom is 0.0502 e. The molecule has 0 unspecified atom stereocenters. The second kappa shape index (κ2) is 6.21. The summed E-state index contributed by atoms with van der Waals surface area (Å²) in [7, 11) is 1.74. The molecule has 0 atom stereocenters. The van der Waals surface area contributed by atoms with E-state index >= 15 is 0 Å². The Hall–Kier alpha value is -1.60. The Morgan fingerprint density at radius 1 is 0.765 bits per heavy atom. The first-order valence-corrected chi connectivity index (χ1v) is 5.99. The van der Waals surface area contributed by atoms with Gasteiger partial charge in [-0.05, 0) is 29.5 Å². The molecule has 2 rings (SSSR count). The van der Waals surface area contributed by atoms with Crippen molar-refractivity contribution in [3.8, 4) is 0 Å². The summed E-state index contributed by atoms with van der Waals surface area (Å²) in [6.45, 7) is 0.790. The van der Waals surface area contributed by atoms with Gasteiger partial charge in [0.05, 0.1) is 6.61 Å². The molecule has 0 aliphatic carbocycles. The summed E-state index contributed by atoms with van der Waals surface area (Å²) in [6.07, 6.45) is 1.99. The monoisotopic (exact) mass is 226 g/mol. The van der Waals surface area contributed by atoms with Crippen LogP contribution >= 0.6 is 0 Å². The molecule has 0 aliphatic rings. The van der Waals surface area contributed by atoms with E-state index in [4.69, 9.17) is 4.74 Å². The summed E-state index contributed by atoms with van der Waals surface area (Å²) in [6, 6.07) is 19.4. The van der Waals surface area contributed by atoms with Crippen LogP contribution < -0.4 is 0 Å². The number of methoxy groups -OCH3 is 1. The molecule has 0 N–H and O–H groups in total. The highest BCUT2D eigenvalue weighted by Gasteiger charge is 1.97. The Morgan fingerprint density at radius 2 is 1.35 bits per heavy atom. The van der Waals surface area contributed by atoms with Crippen molar-refractivity contribution in [2.75, 3.05) is 13.7 Å². The largest absolute Gasteiger partial charge is 0.384 e. The van der Waals surface area contributed by atoms with Gasteiger partial charge in [0.1, 0.15) is 0 Å². The Bertz CT molecular complexity index is 431. The lowest BCUT2D eigenvalue weighted by Crippen LogP contribution is -1.95. The Kier molecular flexibility index (Phi) is 4.34. The van der Waals surface area contributed by atoms with Gasteiger partial charge in [-0.1, -0.05) is 54.6 Å². The van der Waals surface area contributed by atoms with Crippen molar-refractivity contribution in [2.45, 2.75) is 12.8 Å².